The summed E-state index contributed by atoms with van der Waals surface area (Å²) in [6.45, 7) is 6.61. The van der Waals surface area contributed by atoms with Gasteiger partial charge in [-0.2, -0.15) is 0 Å². The van der Waals surface area contributed by atoms with E-state index in [2.05, 4.69) is 15.4 Å². The van der Waals surface area contributed by atoms with Crippen LogP contribution in [0.15, 0.2) is 12.3 Å². The molecule has 0 bridgehead atoms. The number of hydrogen-bond donors (Lipinski definition) is 2. The fourth-order valence-corrected chi connectivity index (χ4v) is 1.34. The topological polar surface area (TPSA) is 73.1 Å². The molecule has 0 fully saturated rings. The van der Waals surface area contributed by atoms with Gasteiger partial charge in [0.1, 0.15) is 11.4 Å². The molecule has 0 saturated heterocycles. The monoisotopic (exact) mass is 210 g/mol. The molecule has 1 rings (SSSR count). The quantitative estimate of drug-likeness (QED) is 0.568. The van der Waals surface area contributed by atoms with E-state index in [1.165, 1.54) is 0 Å². The first-order chi connectivity index (χ1) is 7.16. The third-order valence-electron chi connectivity index (χ3n) is 2.41. The minimum Gasteiger partial charge on any atom is -0.368 e. The molecule has 5 heteroatoms. The van der Waals surface area contributed by atoms with Crippen LogP contribution in [0.2, 0.25) is 0 Å². The molecule has 1 heterocycles. The molecular weight excluding hydrogens is 192 g/mol. The van der Waals surface area contributed by atoms with Crippen LogP contribution in [0.1, 0.15) is 33.0 Å². The van der Waals surface area contributed by atoms with Crippen LogP contribution in [0.25, 0.3) is 0 Å². The zero-order valence-electron chi connectivity index (χ0n) is 9.45. The van der Waals surface area contributed by atoms with E-state index in [4.69, 9.17) is 10.6 Å². The summed E-state index contributed by atoms with van der Waals surface area (Å²) in [5, 5.41) is 0. The third-order valence-corrected chi connectivity index (χ3v) is 2.41. The van der Waals surface area contributed by atoms with Gasteiger partial charge in [-0.3, -0.25) is 0 Å². The number of hydrogen-bond acceptors (Lipinski definition) is 5. The van der Waals surface area contributed by atoms with Gasteiger partial charge in [0.05, 0.1) is 0 Å². The average Bonchev–Trinajstić information content (AvgIpc) is 2.29. The third kappa shape index (κ3) is 2.64. The molecule has 1 aromatic rings. The van der Waals surface area contributed by atoms with E-state index >= 15 is 0 Å². The molecule has 1 atom stereocenters. The second-order valence-electron chi connectivity index (χ2n) is 3.43. The minimum absolute atomic E-state index is 0.443. The highest BCUT2D eigenvalue weighted by Crippen LogP contribution is 2.26. The Balaban J connectivity index is 3.00. The highest BCUT2D eigenvalue weighted by Gasteiger charge is 2.28. The molecule has 0 aliphatic heterocycles. The first-order valence-corrected chi connectivity index (χ1v) is 5.10. The molecule has 0 aliphatic rings. The van der Waals surface area contributed by atoms with Crippen LogP contribution in [0.3, 0.4) is 0 Å². The van der Waals surface area contributed by atoms with Gasteiger partial charge in [-0.25, -0.2) is 15.8 Å². The molecule has 1 unspecified atom stereocenters. The van der Waals surface area contributed by atoms with Crippen LogP contribution in [0.4, 0.5) is 5.82 Å². The molecule has 0 amide bonds. The van der Waals surface area contributed by atoms with E-state index in [-0.39, 0.29) is 0 Å². The van der Waals surface area contributed by atoms with Crippen molar-refractivity contribution in [3.8, 4) is 0 Å². The van der Waals surface area contributed by atoms with Gasteiger partial charge in [0.2, 0.25) is 0 Å². The maximum absolute atomic E-state index is 5.67. The molecule has 3 N–H and O–H groups in total. The first-order valence-electron chi connectivity index (χ1n) is 5.10. The Morgan fingerprint density at radius 3 is 2.80 bits per heavy atom. The van der Waals surface area contributed by atoms with E-state index in [1.54, 1.807) is 12.3 Å². The molecule has 0 aliphatic carbocycles. The second-order valence-corrected chi connectivity index (χ2v) is 3.43. The van der Waals surface area contributed by atoms with E-state index in [0.717, 1.165) is 6.42 Å². The van der Waals surface area contributed by atoms with Gasteiger partial charge in [0, 0.05) is 18.9 Å². The number of hydrazine groups is 1. The van der Waals surface area contributed by atoms with Crippen molar-refractivity contribution < 1.29 is 4.74 Å². The fraction of sp³-hybridized carbons (Fsp3) is 0.600. The Morgan fingerprint density at radius 1 is 1.53 bits per heavy atom. The highest BCUT2D eigenvalue weighted by molar-refractivity contribution is 5.31. The summed E-state index contributed by atoms with van der Waals surface area (Å²) in [6, 6.07) is 1.71. The van der Waals surface area contributed by atoms with Crippen molar-refractivity contribution >= 4 is 5.82 Å². The number of nitrogens with zero attached hydrogens (tertiary/aromatic N) is 2. The summed E-state index contributed by atoms with van der Waals surface area (Å²) in [6.07, 6.45) is 2.49. The van der Waals surface area contributed by atoms with Crippen molar-refractivity contribution in [1.29, 1.82) is 0 Å². The molecule has 15 heavy (non-hydrogen) atoms. The fourth-order valence-electron chi connectivity index (χ4n) is 1.34. The summed E-state index contributed by atoms with van der Waals surface area (Å²) in [4.78, 5) is 8.50. The number of rotatable bonds is 5. The highest BCUT2D eigenvalue weighted by atomic mass is 16.5. The SMILES string of the molecule is CCOC(C)(CC)c1nccc(NN)n1. The summed E-state index contributed by atoms with van der Waals surface area (Å²) < 4.78 is 5.67. The largest absolute Gasteiger partial charge is 0.368 e. The molecule has 5 nitrogen and oxygen atoms in total. The van der Waals surface area contributed by atoms with Gasteiger partial charge < -0.3 is 10.2 Å². The van der Waals surface area contributed by atoms with Gasteiger partial charge in [0.25, 0.3) is 0 Å². The number of nitrogens with two attached hydrogens (primary N) is 1. The van der Waals surface area contributed by atoms with Gasteiger partial charge in [-0.05, 0) is 20.3 Å². The van der Waals surface area contributed by atoms with Crippen LogP contribution in [-0.2, 0) is 10.3 Å². The van der Waals surface area contributed by atoms with E-state index < -0.39 is 5.60 Å². The maximum Gasteiger partial charge on any atom is 0.162 e. The van der Waals surface area contributed by atoms with Crippen LogP contribution in [-0.4, -0.2) is 16.6 Å². The molecule has 84 valence electrons. The number of anilines is 1. The second kappa shape index (κ2) is 5.04. The van der Waals surface area contributed by atoms with Crippen LogP contribution in [0, 0.1) is 0 Å². The van der Waals surface area contributed by atoms with Crippen molar-refractivity contribution in [3.63, 3.8) is 0 Å². The number of nitrogens with one attached hydrogen (secondary N) is 1. The molecule has 0 saturated carbocycles. The number of aromatic nitrogens is 2. The normalized spacial score (nSPS) is 14.7. The summed E-state index contributed by atoms with van der Waals surface area (Å²) in [5.74, 6) is 6.55. The van der Waals surface area contributed by atoms with Crippen molar-refractivity contribution in [1.82, 2.24) is 9.97 Å². The van der Waals surface area contributed by atoms with Gasteiger partial charge in [-0.1, -0.05) is 6.92 Å². The zero-order chi connectivity index (χ0) is 11.3. The molecule has 0 aromatic carbocycles. The Kier molecular flexibility index (Phi) is 3.99. The van der Waals surface area contributed by atoms with E-state index in [9.17, 15) is 0 Å². The Bertz CT molecular complexity index is 318. The van der Waals surface area contributed by atoms with Gasteiger partial charge in [-0.15, -0.1) is 0 Å². The Labute approximate surface area is 90.0 Å². The van der Waals surface area contributed by atoms with Crippen molar-refractivity contribution in [2.45, 2.75) is 32.8 Å². The average molecular weight is 210 g/mol. The van der Waals surface area contributed by atoms with Crippen LogP contribution >= 0.6 is 0 Å². The van der Waals surface area contributed by atoms with Gasteiger partial charge >= 0.3 is 0 Å². The van der Waals surface area contributed by atoms with Crippen molar-refractivity contribution in [3.05, 3.63) is 18.1 Å². The summed E-state index contributed by atoms with van der Waals surface area (Å²) in [5.41, 5.74) is 2.06. The predicted octanol–water partition coefficient (Wildman–Crippen LogP) is 1.42. The first kappa shape index (κ1) is 11.9. The smallest absolute Gasteiger partial charge is 0.162 e. The molecule has 0 radical (unpaired) electrons. The maximum atomic E-state index is 5.67. The van der Waals surface area contributed by atoms with Crippen molar-refractivity contribution in [2.24, 2.45) is 5.84 Å². The lowest BCUT2D eigenvalue weighted by Gasteiger charge is -2.26. The Morgan fingerprint density at radius 2 is 2.27 bits per heavy atom. The van der Waals surface area contributed by atoms with Crippen LogP contribution < -0.4 is 11.3 Å². The lowest BCUT2D eigenvalue weighted by molar-refractivity contribution is -0.0389. The van der Waals surface area contributed by atoms with Gasteiger partial charge in [0.15, 0.2) is 5.82 Å². The van der Waals surface area contributed by atoms with Crippen molar-refractivity contribution in [2.75, 3.05) is 12.0 Å². The van der Waals surface area contributed by atoms with E-state index in [1.807, 2.05) is 20.8 Å². The summed E-state index contributed by atoms with van der Waals surface area (Å²) >= 11 is 0. The zero-order valence-corrected chi connectivity index (χ0v) is 9.45. The molecular formula is C10H18N4O. The predicted molar refractivity (Wildman–Crippen MR) is 59.1 cm³/mol. The van der Waals surface area contributed by atoms with E-state index in [0.29, 0.717) is 18.2 Å². The number of ether oxygens (including phenoxy) is 1. The molecule has 0 spiro atoms. The Hall–Kier alpha value is -1.20. The standard InChI is InChI=1S/C10H18N4O/c1-4-10(3,15-5-2)9-12-7-6-8(13-9)14-11/h6-7H,4-5,11H2,1-3H3,(H,12,13,14). The lowest BCUT2D eigenvalue weighted by Crippen LogP contribution is -2.28. The van der Waals surface area contributed by atoms with Crippen LogP contribution in [0.5, 0.6) is 0 Å². The number of nitrogen functional groups attached to an aromatic ring is 1. The molecule has 1 aromatic heterocycles. The lowest BCUT2D eigenvalue weighted by atomic mass is 10.0. The minimum atomic E-state index is -0.443. The summed E-state index contributed by atoms with van der Waals surface area (Å²) in [7, 11) is 0.